The minimum Gasteiger partial charge on any atom is -0.314 e. The second-order valence-electron chi connectivity index (χ2n) is 6.30. The molecule has 0 amide bonds. The van der Waals surface area contributed by atoms with Gasteiger partial charge in [-0.05, 0) is 41.5 Å². The zero-order chi connectivity index (χ0) is 14.6. The summed E-state index contributed by atoms with van der Waals surface area (Å²) in [5.74, 6) is 0.355. The van der Waals surface area contributed by atoms with Crippen LogP contribution in [0.25, 0.3) is 0 Å². The number of benzene rings is 1. The minimum atomic E-state index is -0.174. The topological polar surface area (TPSA) is 12.0 Å². The molecule has 0 aliphatic heterocycles. The molecule has 0 spiro atoms. The molecule has 108 valence electrons. The highest BCUT2D eigenvalue weighted by Crippen LogP contribution is 2.32. The van der Waals surface area contributed by atoms with Crippen LogP contribution in [0.15, 0.2) is 22.7 Å². The first-order chi connectivity index (χ1) is 8.73. The van der Waals surface area contributed by atoms with Crippen molar-refractivity contribution in [1.82, 2.24) is 5.32 Å². The lowest BCUT2D eigenvalue weighted by Crippen LogP contribution is -2.40. The fraction of sp³-hybridized carbons (Fsp3) is 0.625. The van der Waals surface area contributed by atoms with Gasteiger partial charge in [0, 0.05) is 17.1 Å². The molecule has 0 radical (unpaired) electrons. The molecular formula is C16H25BrFN. The van der Waals surface area contributed by atoms with Gasteiger partial charge < -0.3 is 5.32 Å². The van der Waals surface area contributed by atoms with Crippen LogP contribution >= 0.6 is 15.9 Å². The maximum Gasteiger partial charge on any atom is 0.124 e. The monoisotopic (exact) mass is 329 g/mol. The molecule has 1 aromatic carbocycles. The number of halogens is 2. The van der Waals surface area contributed by atoms with E-state index >= 15 is 0 Å². The van der Waals surface area contributed by atoms with Crippen molar-refractivity contribution < 1.29 is 4.39 Å². The number of rotatable bonds is 6. The van der Waals surface area contributed by atoms with Crippen molar-refractivity contribution in [3.8, 4) is 0 Å². The second kappa shape index (κ2) is 6.85. The van der Waals surface area contributed by atoms with Gasteiger partial charge in [0.1, 0.15) is 5.82 Å². The first-order valence-electron chi connectivity index (χ1n) is 6.91. The van der Waals surface area contributed by atoms with Crippen LogP contribution in [-0.2, 0) is 6.42 Å². The van der Waals surface area contributed by atoms with Crippen LogP contribution in [0, 0.1) is 17.2 Å². The predicted octanol–water partition coefficient (Wildman–Crippen LogP) is 4.79. The summed E-state index contributed by atoms with van der Waals surface area (Å²) in [4.78, 5) is 0. The Hall–Kier alpha value is -0.410. The average molecular weight is 330 g/mol. The molecule has 0 fully saturated rings. The van der Waals surface area contributed by atoms with E-state index in [1.807, 2.05) is 6.07 Å². The molecule has 0 aliphatic carbocycles. The SMILES string of the molecule is CC(C)NCC(C)(Cc1cc(F)cc(Br)c1)C(C)C. The molecule has 1 aromatic rings. The Labute approximate surface area is 125 Å². The van der Waals surface area contributed by atoms with Gasteiger partial charge in [-0.2, -0.15) is 0 Å². The highest BCUT2D eigenvalue weighted by atomic mass is 79.9. The molecule has 0 saturated carbocycles. The molecule has 0 aliphatic rings. The van der Waals surface area contributed by atoms with E-state index in [-0.39, 0.29) is 11.2 Å². The van der Waals surface area contributed by atoms with E-state index in [9.17, 15) is 4.39 Å². The molecule has 1 rings (SSSR count). The van der Waals surface area contributed by atoms with E-state index in [2.05, 4.69) is 55.9 Å². The Balaban J connectivity index is 2.88. The van der Waals surface area contributed by atoms with Crippen molar-refractivity contribution in [1.29, 1.82) is 0 Å². The molecule has 1 N–H and O–H groups in total. The van der Waals surface area contributed by atoms with E-state index in [1.165, 1.54) is 6.07 Å². The van der Waals surface area contributed by atoms with Crippen molar-refractivity contribution in [3.63, 3.8) is 0 Å². The Morgan fingerprint density at radius 2 is 1.84 bits per heavy atom. The van der Waals surface area contributed by atoms with E-state index in [1.54, 1.807) is 6.07 Å². The van der Waals surface area contributed by atoms with Crippen molar-refractivity contribution in [3.05, 3.63) is 34.1 Å². The summed E-state index contributed by atoms with van der Waals surface area (Å²) in [5, 5.41) is 3.51. The first kappa shape index (κ1) is 16.6. The van der Waals surface area contributed by atoms with Crippen LogP contribution in [0.5, 0.6) is 0 Å². The zero-order valence-electron chi connectivity index (χ0n) is 12.6. The molecule has 0 aromatic heterocycles. The van der Waals surface area contributed by atoms with Gasteiger partial charge in [-0.3, -0.25) is 0 Å². The van der Waals surface area contributed by atoms with Crippen molar-refractivity contribution in [2.45, 2.75) is 47.1 Å². The fourth-order valence-electron chi connectivity index (χ4n) is 2.09. The Kier molecular flexibility index (Phi) is 6.00. The molecule has 0 heterocycles. The summed E-state index contributed by atoms with van der Waals surface area (Å²) in [6.45, 7) is 12.0. The molecule has 1 unspecified atom stereocenters. The van der Waals surface area contributed by atoms with Gasteiger partial charge in [-0.15, -0.1) is 0 Å². The molecule has 0 bridgehead atoms. The van der Waals surface area contributed by atoms with E-state index in [4.69, 9.17) is 0 Å². The smallest absolute Gasteiger partial charge is 0.124 e. The van der Waals surface area contributed by atoms with E-state index in [0.29, 0.717) is 12.0 Å². The van der Waals surface area contributed by atoms with Gasteiger partial charge in [0.15, 0.2) is 0 Å². The van der Waals surface area contributed by atoms with Crippen LogP contribution in [0.1, 0.15) is 40.2 Å². The van der Waals surface area contributed by atoms with Crippen molar-refractivity contribution in [2.75, 3.05) is 6.54 Å². The van der Waals surface area contributed by atoms with Crippen LogP contribution < -0.4 is 5.32 Å². The summed E-state index contributed by atoms with van der Waals surface area (Å²) in [5.41, 5.74) is 1.17. The maximum absolute atomic E-state index is 13.5. The summed E-state index contributed by atoms with van der Waals surface area (Å²) in [7, 11) is 0. The highest BCUT2D eigenvalue weighted by molar-refractivity contribution is 9.10. The van der Waals surface area contributed by atoms with E-state index in [0.717, 1.165) is 23.0 Å². The van der Waals surface area contributed by atoms with Gasteiger partial charge in [-0.1, -0.05) is 50.5 Å². The Morgan fingerprint density at radius 1 is 1.21 bits per heavy atom. The van der Waals surface area contributed by atoms with E-state index < -0.39 is 0 Å². The third-order valence-corrected chi connectivity index (χ3v) is 4.30. The largest absolute Gasteiger partial charge is 0.314 e. The Bertz CT molecular complexity index is 397. The lowest BCUT2D eigenvalue weighted by atomic mass is 9.74. The first-order valence-corrected chi connectivity index (χ1v) is 7.70. The number of hydrogen-bond acceptors (Lipinski definition) is 1. The second-order valence-corrected chi connectivity index (χ2v) is 7.21. The summed E-state index contributed by atoms with van der Waals surface area (Å²) < 4.78 is 14.3. The fourth-order valence-corrected chi connectivity index (χ4v) is 2.60. The number of hydrogen-bond donors (Lipinski definition) is 1. The third kappa shape index (κ3) is 5.23. The predicted molar refractivity (Wildman–Crippen MR) is 83.9 cm³/mol. The Morgan fingerprint density at radius 3 is 2.32 bits per heavy atom. The van der Waals surface area contributed by atoms with Crippen LogP contribution in [-0.4, -0.2) is 12.6 Å². The highest BCUT2D eigenvalue weighted by Gasteiger charge is 2.28. The van der Waals surface area contributed by atoms with Gasteiger partial charge in [-0.25, -0.2) is 4.39 Å². The van der Waals surface area contributed by atoms with Crippen LogP contribution in [0.2, 0.25) is 0 Å². The molecule has 1 atom stereocenters. The van der Waals surface area contributed by atoms with Crippen LogP contribution in [0.4, 0.5) is 4.39 Å². The molecular weight excluding hydrogens is 305 g/mol. The average Bonchev–Trinajstić information content (AvgIpc) is 2.24. The summed E-state index contributed by atoms with van der Waals surface area (Å²) in [6.07, 6.45) is 0.876. The normalized spacial score (nSPS) is 15.0. The molecule has 3 heteroatoms. The van der Waals surface area contributed by atoms with Gasteiger partial charge in [0.25, 0.3) is 0 Å². The molecule has 0 saturated heterocycles. The summed E-state index contributed by atoms with van der Waals surface area (Å²) in [6, 6.07) is 5.62. The number of nitrogens with one attached hydrogen (secondary N) is 1. The van der Waals surface area contributed by atoms with Crippen molar-refractivity contribution >= 4 is 15.9 Å². The van der Waals surface area contributed by atoms with Crippen molar-refractivity contribution in [2.24, 2.45) is 11.3 Å². The summed E-state index contributed by atoms with van der Waals surface area (Å²) >= 11 is 3.36. The third-order valence-electron chi connectivity index (χ3n) is 3.84. The minimum absolute atomic E-state index is 0.123. The van der Waals surface area contributed by atoms with Crippen LogP contribution in [0.3, 0.4) is 0 Å². The molecule has 1 nitrogen and oxygen atoms in total. The zero-order valence-corrected chi connectivity index (χ0v) is 14.1. The lowest BCUT2D eigenvalue weighted by molar-refractivity contribution is 0.202. The quantitative estimate of drug-likeness (QED) is 0.791. The maximum atomic E-state index is 13.5. The molecule has 19 heavy (non-hydrogen) atoms. The lowest BCUT2D eigenvalue weighted by Gasteiger charge is -2.35. The standard InChI is InChI=1S/C16H25BrFN/c1-11(2)16(5,10-19-12(3)4)9-13-6-14(17)8-15(18)7-13/h6-8,11-12,19H,9-10H2,1-5H3. The van der Waals surface area contributed by atoms with Gasteiger partial charge in [0.2, 0.25) is 0 Å². The van der Waals surface area contributed by atoms with Gasteiger partial charge >= 0.3 is 0 Å². The van der Waals surface area contributed by atoms with Gasteiger partial charge in [0.05, 0.1) is 0 Å².